The largest absolute Gasteiger partial charge is 0.407 e. The summed E-state index contributed by atoms with van der Waals surface area (Å²) in [5.41, 5.74) is -0.633. The summed E-state index contributed by atoms with van der Waals surface area (Å²) in [6.45, 7) is 1.33. The van der Waals surface area contributed by atoms with Gasteiger partial charge in [0, 0.05) is 0 Å². The summed E-state index contributed by atoms with van der Waals surface area (Å²) in [5.74, 6) is 0. The van der Waals surface area contributed by atoms with Crippen molar-refractivity contribution in [1.29, 1.82) is 0 Å². The molecule has 0 heterocycles. The first-order valence-corrected chi connectivity index (χ1v) is 8.25. The molecular formula is C8H12O5P2. The smallest absolute Gasteiger partial charge is 0.336 e. The molecule has 7 heteroatoms. The zero-order valence-corrected chi connectivity index (χ0v) is 9.81. The summed E-state index contributed by atoms with van der Waals surface area (Å²) >= 11 is 0. The molecule has 0 fully saturated rings. The highest BCUT2D eigenvalue weighted by Crippen LogP contribution is 2.80. The highest BCUT2D eigenvalue weighted by Gasteiger charge is 2.45. The molecule has 3 N–H and O–H groups in total. The van der Waals surface area contributed by atoms with Gasteiger partial charge in [-0.2, -0.15) is 0 Å². The van der Waals surface area contributed by atoms with Gasteiger partial charge in [0.25, 0.3) is 0 Å². The summed E-state index contributed by atoms with van der Waals surface area (Å²) in [4.78, 5) is 26.9. The Hall–Kier alpha value is -0.440. The average Bonchev–Trinajstić information content (AvgIpc) is 2.16. The molecule has 1 aromatic rings. The normalized spacial score (nSPS) is 18.1. The number of hydrogen-bond donors (Lipinski definition) is 3. The Kier molecular flexibility index (Phi) is 3.54. The van der Waals surface area contributed by atoms with Gasteiger partial charge in [0.2, 0.25) is 0 Å². The van der Waals surface area contributed by atoms with Gasteiger partial charge < -0.3 is 14.7 Å². The second-order valence-electron chi connectivity index (χ2n) is 3.19. The van der Waals surface area contributed by atoms with Crippen molar-refractivity contribution in [3.05, 3.63) is 35.9 Å². The Bertz CT molecular complexity index is 424. The number of hydrogen-bond acceptors (Lipinski definition) is 2. The highest BCUT2D eigenvalue weighted by molar-refractivity contribution is 8.28. The molecule has 0 amide bonds. The van der Waals surface area contributed by atoms with Crippen molar-refractivity contribution >= 4 is 14.3 Å². The first kappa shape index (κ1) is 12.6. The molecule has 0 spiro atoms. The van der Waals surface area contributed by atoms with E-state index in [1.807, 2.05) is 0 Å². The summed E-state index contributed by atoms with van der Waals surface area (Å²) in [5, 5.41) is 0. The predicted octanol–water partition coefficient (Wildman–Crippen LogP) is 2.11. The monoisotopic (exact) mass is 250 g/mol. The van der Waals surface area contributed by atoms with Crippen LogP contribution in [0.2, 0.25) is 0 Å². The Labute approximate surface area is 87.3 Å². The molecule has 84 valence electrons. The number of benzene rings is 1. The Morgan fingerprint density at radius 3 is 1.93 bits per heavy atom. The maximum Gasteiger partial charge on any atom is 0.407 e. The molecule has 0 bridgehead atoms. The van der Waals surface area contributed by atoms with Crippen LogP contribution in [0.15, 0.2) is 30.3 Å². The third-order valence-electron chi connectivity index (χ3n) is 2.16. The summed E-state index contributed by atoms with van der Waals surface area (Å²) in [6, 6.07) is 8.12. The zero-order valence-electron chi connectivity index (χ0n) is 8.02. The van der Waals surface area contributed by atoms with E-state index in [0.29, 0.717) is 5.56 Å². The minimum Gasteiger partial charge on any atom is -0.336 e. The summed E-state index contributed by atoms with van der Waals surface area (Å²) < 4.78 is 22.4. The van der Waals surface area contributed by atoms with Crippen molar-refractivity contribution in [3.63, 3.8) is 0 Å². The third-order valence-corrected chi connectivity index (χ3v) is 7.49. The molecule has 0 aliphatic rings. The van der Waals surface area contributed by atoms with E-state index in [1.54, 1.807) is 30.3 Å². The van der Waals surface area contributed by atoms with Crippen molar-refractivity contribution in [3.8, 4) is 0 Å². The van der Waals surface area contributed by atoms with Gasteiger partial charge in [0.1, 0.15) is 0 Å². The van der Waals surface area contributed by atoms with Crippen LogP contribution in [0.25, 0.3) is 0 Å². The van der Waals surface area contributed by atoms with Gasteiger partial charge in [-0.1, -0.05) is 30.3 Å². The second kappa shape index (κ2) is 4.20. The lowest BCUT2D eigenvalue weighted by Gasteiger charge is -2.19. The molecular weight excluding hydrogens is 238 g/mol. The molecule has 0 aliphatic heterocycles. The molecule has 0 saturated carbocycles. The van der Waals surface area contributed by atoms with Gasteiger partial charge in [-0.25, -0.2) is 4.57 Å². The van der Waals surface area contributed by atoms with Crippen molar-refractivity contribution in [2.75, 3.05) is 0 Å². The van der Waals surface area contributed by atoms with E-state index >= 15 is 0 Å². The van der Waals surface area contributed by atoms with E-state index < -0.39 is 20.0 Å². The maximum absolute atomic E-state index is 11.5. The van der Waals surface area contributed by atoms with Crippen LogP contribution in [0.1, 0.15) is 18.1 Å². The molecule has 15 heavy (non-hydrogen) atoms. The molecule has 5 nitrogen and oxygen atoms in total. The number of rotatable bonds is 3. The fourth-order valence-electron chi connectivity index (χ4n) is 1.15. The Morgan fingerprint density at radius 2 is 1.53 bits per heavy atom. The van der Waals surface area contributed by atoms with Crippen molar-refractivity contribution in [2.45, 2.75) is 12.6 Å². The third kappa shape index (κ3) is 2.57. The first-order valence-electron chi connectivity index (χ1n) is 4.20. The quantitative estimate of drug-likeness (QED) is 0.714. The van der Waals surface area contributed by atoms with Crippen LogP contribution in [-0.4, -0.2) is 14.7 Å². The van der Waals surface area contributed by atoms with E-state index in [0.717, 1.165) is 0 Å². The molecule has 0 saturated heterocycles. The van der Waals surface area contributed by atoms with Gasteiger partial charge in [-0.05, 0) is 12.5 Å². The zero-order chi connectivity index (χ0) is 11.7. The molecule has 0 aliphatic carbocycles. The predicted molar refractivity (Wildman–Crippen MR) is 56.7 cm³/mol. The lowest BCUT2D eigenvalue weighted by atomic mass is 10.2. The minimum atomic E-state index is -4.98. The van der Waals surface area contributed by atoms with Gasteiger partial charge in [-0.15, -0.1) is 0 Å². The molecule has 0 radical (unpaired) electrons. The van der Waals surface area contributed by atoms with Crippen molar-refractivity contribution in [2.24, 2.45) is 0 Å². The van der Waals surface area contributed by atoms with Crippen LogP contribution in [0.5, 0.6) is 0 Å². The minimum absolute atomic E-state index is 0.437. The Balaban J connectivity index is 3.11. The summed E-state index contributed by atoms with van der Waals surface area (Å²) in [7, 11) is -9.50. The van der Waals surface area contributed by atoms with Crippen molar-refractivity contribution < 1.29 is 23.8 Å². The van der Waals surface area contributed by atoms with E-state index in [1.165, 1.54) is 6.92 Å². The van der Waals surface area contributed by atoms with Crippen LogP contribution < -0.4 is 0 Å². The van der Waals surface area contributed by atoms with Crippen LogP contribution >= 0.6 is 14.3 Å². The van der Waals surface area contributed by atoms with Crippen LogP contribution in [-0.2, 0) is 9.13 Å². The van der Waals surface area contributed by atoms with E-state index in [2.05, 4.69) is 0 Å². The maximum atomic E-state index is 11.5. The standard InChI is InChI=1S/C8H12O5P2/c1-7(8-5-3-2-4-6-8)14(9,10)15(11,12)13/h2-7H,1H3,(H,9,10)(H2,11,12,13). The molecule has 2 unspecified atom stereocenters. The van der Waals surface area contributed by atoms with E-state index in [9.17, 15) is 14.0 Å². The van der Waals surface area contributed by atoms with Crippen LogP contribution in [0.4, 0.5) is 0 Å². The molecule has 1 rings (SSSR count). The SMILES string of the molecule is CC(c1ccccc1)P(=O)(O)P(=O)(O)O. The fraction of sp³-hybridized carbons (Fsp3) is 0.250. The van der Waals surface area contributed by atoms with Gasteiger partial charge in [0.15, 0.2) is 0 Å². The molecule has 1 aromatic carbocycles. The van der Waals surface area contributed by atoms with E-state index in [4.69, 9.17) is 9.79 Å². The highest BCUT2D eigenvalue weighted by atomic mass is 32.1. The lowest BCUT2D eigenvalue weighted by Crippen LogP contribution is -1.96. The van der Waals surface area contributed by atoms with Gasteiger partial charge in [0.05, 0.1) is 5.66 Å². The average molecular weight is 250 g/mol. The van der Waals surface area contributed by atoms with Crippen molar-refractivity contribution in [1.82, 2.24) is 0 Å². The summed E-state index contributed by atoms with van der Waals surface area (Å²) in [6.07, 6.45) is 0. The molecule has 0 aromatic heterocycles. The molecule has 2 atom stereocenters. The van der Waals surface area contributed by atoms with Gasteiger partial charge >= 0.3 is 14.3 Å². The van der Waals surface area contributed by atoms with Crippen LogP contribution in [0.3, 0.4) is 0 Å². The Morgan fingerprint density at radius 1 is 1.07 bits per heavy atom. The fourth-order valence-corrected chi connectivity index (χ4v) is 3.92. The first-order chi connectivity index (χ1) is 6.77. The lowest BCUT2D eigenvalue weighted by molar-refractivity contribution is 0.374. The second-order valence-corrected chi connectivity index (χ2v) is 9.45. The van der Waals surface area contributed by atoms with Gasteiger partial charge in [-0.3, -0.25) is 4.57 Å². The van der Waals surface area contributed by atoms with E-state index in [-0.39, 0.29) is 0 Å². The topological polar surface area (TPSA) is 94.8 Å². The van der Waals surface area contributed by atoms with Crippen LogP contribution in [0, 0.1) is 0 Å².